The van der Waals surface area contributed by atoms with Crippen LogP contribution in [0, 0.1) is 5.82 Å². The Hall–Kier alpha value is -2.61. The number of benzene rings is 1. The monoisotopic (exact) mass is 374 g/mol. The highest BCUT2D eigenvalue weighted by atomic mass is 19.1. The molecule has 8 heteroatoms. The van der Waals surface area contributed by atoms with E-state index in [0.29, 0.717) is 19.2 Å². The molecule has 1 saturated heterocycles. The minimum absolute atomic E-state index is 0.418. The second-order valence-corrected chi connectivity index (χ2v) is 6.63. The second kappa shape index (κ2) is 7.96. The normalized spacial score (nSPS) is 17.5. The van der Waals surface area contributed by atoms with Gasteiger partial charge in [-0.05, 0) is 6.07 Å². The Labute approximate surface area is 157 Å². The Morgan fingerprint density at radius 1 is 1.04 bits per heavy atom. The predicted octanol–water partition coefficient (Wildman–Crippen LogP) is 2.11. The van der Waals surface area contributed by atoms with Gasteiger partial charge in [-0.3, -0.25) is 4.90 Å². The number of piperazine rings is 1. The van der Waals surface area contributed by atoms with E-state index in [1.807, 2.05) is 12.1 Å². The van der Waals surface area contributed by atoms with E-state index in [0.717, 1.165) is 62.0 Å². The van der Waals surface area contributed by atoms with Crippen LogP contribution in [0.15, 0.2) is 24.5 Å². The van der Waals surface area contributed by atoms with E-state index in [9.17, 15) is 4.39 Å². The van der Waals surface area contributed by atoms with Crippen LogP contribution in [0.3, 0.4) is 0 Å². The van der Waals surface area contributed by atoms with E-state index in [1.54, 1.807) is 7.11 Å². The molecule has 0 N–H and O–H groups in total. The average molecular weight is 374 g/mol. The van der Waals surface area contributed by atoms with Crippen molar-refractivity contribution in [1.82, 2.24) is 14.9 Å². The summed E-state index contributed by atoms with van der Waals surface area (Å²) in [6.07, 6.45) is 3.29. The molecule has 7 nitrogen and oxygen atoms in total. The fourth-order valence-corrected chi connectivity index (χ4v) is 3.36. The van der Waals surface area contributed by atoms with Gasteiger partial charge in [-0.2, -0.15) is 0 Å². The molecule has 0 spiro atoms. The molecule has 2 aliphatic heterocycles. The first kappa shape index (κ1) is 17.8. The molecule has 2 aromatic rings. The fraction of sp³-hybridized carbons (Fsp3) is 0.474. The van der Waals surface area contributed by atoms with Crippen molar-refractivity contribution >= 4 is 5.95 Å². The highest BCUT2D eigenvalue weighted by Crippen LogP contribution is 2.37. The van der Waals surface area contributed by atoms with Gasteiger partial charge in [0.05, 0.1) is 32.7 Å². The third-order valence-electron chi connectivity index (χ3n) is 4.81. The summed E-state index contributed by atoms with van der Waals surface area (Å²) >= 11 is 0. The number of rotatable bonds is 4. The number of methoxy groups -OCH3 is 1. The SMILES string of the molecule is COc1cc2c(cc1CN1CCN(c3ncc(F)cn3)CC1)OCCCO2. The Kier molecular flexibility index (Phi) is 5.24. The van der Waals surface area contributed by atoms with E-state index < -0.39 is 5.82 Å². The summed E-state index contributed by atoms with van der Waals surface area (Å²) in [5.41, 5.74) is 1.08. The number of ether oxygens (including phenoxy) is 3. The molecule has 0 unspecified atom stereocenters. The molecule has 3 heterocycles. The molecule has 0 amide bonds. The molecule has 0 bridgehead atoms. The molecule has 144 valence electrons. The number of fused-ring (bicyclic) bond motifs is 1. The first-order valence-corrected chi connectivity index (χ1v) is 9.14. The number of hydrogen-bond acceptors (Lipinski definition) is 7. The lowest BCUT2D eigenvalue weighted by Crippen LogP contribution is -2.46. The second-order valence-electron chi connectivity index (χ2n) is 6.63. The quantitative estimate of drug-likeness (QED) is 0.812. The summed E-state index contributed by atoms with van der Waals surface area (Å²) in [5, 5.41) is 0. The standard InChI is InChI=1S/C19H23FN4O3/c1-25-16-10-18-17(26-7-2-8-27-18)9-14(16)13-23-3-5-24(6-4-23)19-21-11-15(20)12-22-19/h9-12H,2-8,13H2,1H3. The van der Waals surface area contributed by atoms with Crippen LogP contribution in [0.2, 0.25) is 0 Å². The third-order valence-corrected chi connectivity index (χ3v) is 4.81. The van der Waals surface area contributed by atoms with Crippen molar-refractivity contribution in [3.05, 3.63) is 35.9 Å². The molecule has 0 radical (unpaired) electrons. The van der Waals surface area contributed by atoms with Crippen LogP contribution in [0.4, 0.5) is 10.3 Å². The van der Waals surface area contributed by atoms with Crippen molar-refractivity contribution in [2.24, 2.45) is 0 Å². The lowest BCUT2D eigenvalue weighted by Gasteiger charge is -2.34. The number of anilines is 1. The largest absolute Gasteiger partial charge is 0.496 e. The smallest absolute Gasteiger partial charge is 0.225 e. The van der Waals surface area contributed by atoms with Gasteiger partial charge < -0.3 is 19.1 Å². The van der Waals surface area contributed by atoms with Crippen molar-refractivity contribution in [2.75, 3.05) is 51.4 Å². The minimum Gasteiger partial charge on any atom is -0.496 e. The fourth-order valence-electron chi connectivity index (χ4n) is 3.36. The van der Waals surface area contributed by atoms with Crippen LogP contribution < -0.4 is 19.1 Å². The Morgan fingerprint density at radius 2 is 1.70 bits per heavy atom. The van der Waals surface area contributed by atoms with Crippen molar-refractivity contribution < 1.29 is 18.6 Å². The first-order valence-electron chi connectivity index (χ1n) is 9.14. The van der Waals surface area contributed by atoms with Crippen LogP contribution in [0.1, 0.15) is 12.0 Å². The molecule has 0 saturated carbocycles. The summed E-state index contributed by atoms with van der Waals surface area (Å²) in [4.78, 5) is 12.6. The number of halogens is 1. The van der Waals surface area contributed by atoms with Gasteiger partial charge in [0.1, 0.15) is 5.75 Å². The highest BCUT2D eigenvalue weighted by molar-refractivity contribution is 5.51. The van der Waals surface area contributed by atoms with E-state index in [1.165, 1.54) is 12.4 Å². The van der Waals surface area contributed by atoms with Crippen LogP contribution >= 0.6 is 0 Å². The summed E-state index contributed by atoms with van der Waals surface area (Å²) < 4.78 is 30.1. The molecular weight excluding hydrogens is 351 g/mol. The molecule has 1 aromatic carbocycles. The van der Waals surface area contributed by atoms with Crippen molar-refractivity contribution in [3.8, 4) is 17.2 Å². The van der Waals surface area contributed by atoms with Crippen molar-refractivity contribution in [2.45, 2.75) is 13.0 Å². The Bertz CT molecular complexity index is 779. The average Bonchev–Trinajstić information content (AvgIpc) is 2.93. The summed E-state index contributed by atoms with van der Waals surface area (Å²) in [6, 6.07) is 3.94. The molecule has 0 aliphatic carbocycles. The molecule has 27 heavy (non-hydrogen) atoms. The topological polar surface area (TPSA) is 60.0 Å². The van der Waals surface area contributed by atoms with Gasteiger partial charge in [0.25, 0.3) is 0 Å². The molecule has 1 fully saturated rings. The van der Waals surface area contributed by atoms with Gasteiger partial charge >= 0.3 is 0 Å². The first-order chi connectivity index (χ1) is 13.2. The van der Waals surface area contributed by atoms with Crippen LogP contribution in [0.5, 0.6) is 17.2 Å². The summed E-state index contributed by atoms with van der Waals surface area (Å²) in [5.74, 6) is 2.49. The van der Waals surface area contributed by atoms with E-state index in [2.05, 4.69) is 19.8 Å². The third kappa shape index (κ3) is 4.05. The van der Waals surface area contributed by atoms with Gasteiger partial charge in [0, 0.05) is 50.8 Å². The molecular formula is C19H23FN4O3. The van der Waals surface area contributed by atoms with Gasteiger partial charge in [-0.25, -0.2) is 14.4 Å². The van der Waals surface area contributed by atoms with E-state index >= 15 is 0 Å². The lowest BCUT2D eigenvalue weighted by molar-refractivity contribution is 0.244. The van der Waals surface area contributed by atoms with Gasteiger partial charge in [-0.15, -0.1) is 0 Å². The van der Waals surface area contributed by atoms with Gasteiger partial charge in [0.2, 0.25) is 5.95 Å². The zero-order chi connectivity index (χ0) is 18.6. The zero-order valence-electron chi connectivity index (χ0n) is 15.4. The lowest BCUT2D eigenvalue weighted by atomic mass is 10.1. The van der Waals surface area contributed by atoms with Gasteiger partial charge in [0.15, 0.2) is 17.3 Å². The maximum absolute atomic E-state index is 13.0. The van der Waals surface area contributed by atoms with E-state index in [-0.39, 0.29) is 0 Å². The van der Waals surface area contributed by atoms with Gasteiger partial charge in [-0.1, -0.05) is 0 Å². The summed E-state index contributed by atoms with van der Waals surface area (Å²) in [7, 11) is 1.67. The number of aromatic nitrogens is 2. The molecule has 4 rings (SSSR count). The minimum atomic E-state index is -0.418. The number of nitrogens with zero attached hydrogens (tertiary/aromatic N) is 4. The highest BCUT2D eigenvalue weighted by Gasteiger charge is 2.22. The Morgan fingerprint density at radius 3 is 2.37 bits per heavy atom. The summed E-state index contributed by atoms with van der Waals surface area (Å²) in [6.45, 7) is 5.38. The van der Waals surface area contributed by atoms with Crippen molar-refractivity contribution in [1.29, 1.82) is 0 Å². The Balaban J connectivity index is 1.42. The van der Waals surface area contributed by atoms with Crippen LogP contribution in [0.25, 0.3) is 0 Å². The molecule has 1 aromatic heterocycles. The number of hydrogen-bond donors (Lipinski definition) is 0. The van der Waals surface area contributed by atoms with Crippen LogP contribution in [-0.2, 0) is 6.54 Å². The van der Waals surface area contributed by atoms with Crippen molar-refractivity contribution in [3.63, 3.8) is 0 Å². The maximum atomic E-state index is 13.0. The maximum Gasteiger partial charge on any atom is 0.225 e. The predicted molar refractivity (Wildman–Crippen MR) is 98.1 cm³/mol. The zero-order valence-corrected chi connectivity index (χ0v) is 15.4. The van der Waals surface area contributed by atoms with E-state index in [4.69, 9.17) is 14.2 Å². The molecule has 0 atom stereocenters. The molecule has 2 aliphatic rings. The van der Waals surface area contributed by atoms with Crippen LogP contribution in [-0.4, -0.2) is 61.4 Å².